The Labute approximate surface area is 162 Å². The number of thioether (sulfide) groups is 1. The van der Waals surface area contributed by atoms with Crippen LogP contribution in [0.3, 0.4) is 0 Å². The average molecular weight is 406 g/mol. The second-order valence-corrected chi connectivity index (χ2v) is 7.94. The van der Waals surface area contributed by atoms with Crippen LogP contribution in [0.5, 0.6) is 0 Å². The number of thiophene rings is 1. The molecule has 5 nitrogen and oxygen atoms in total. The summed E-state index contributed by atoms with van der Waals surface area (Å²) in [6.45, 7) is 1.86. The van der Waals surface area contributed by atoms with Crippen molar-refractivity contribution in [2.24, 2.45) is 0 Å². The minimum Gasteiger partial charge on any atom is -0.356 e. The first-order chi connectivity index (χ1) is 13.0. The summed E-state index contributed by atoms with van der Waals surface area (Å²) in [5, 5.41) is 3.97. The lowest BCUT2D eigenvalue weighted by Crippen LogP contribution is -2.19. The van der Waals surface area contributed by atoms with E-state index >= 15 is 0 Å². The molecule has 0 radical (unpaired) electrons. The molecule has 3 heterocycles. The second kappa shape index (κ2) is 7.40. The molecule has 1 aliphatic rings. The van der Waals surface area contributed by atoms with Crippen molar-refractivity contribution in [1.82, 2.24) is 9.97 Å². The summed E-state index contributed by atoms with van der Waals surface area (Å²) in [5.41, 5.74) is -0.0606. The highest BCUT2D eigenvalue weighted by atomic mass is 32.2. The molecule has 0 spiro atoms. The van der Waals surface area contributed by atoms with E-state index in [1.54, 1.807) is 6.07 Å². The molecule has 1 amide bonds. The van der Waals surface area contributed by atoms with Gasteiger partial charge in [-0.05, 0) is 37.3 Å². The Bertz CT molecular complexity index is 1020. The highest BCUT2D eigenvalue weighted by Crippen LogP contribution is 2.34. The molecule has 1 saturated heterocycles. The predicted molar refractivity (Wildman–Crippen MR) is 105 cm³/mol. The predicted octanol–water partition coefficient (Wildman–Crippen LogP) is 4.54. The first kappa shape index (κ1) is 18.1. The summed E-state index contributed by atoms with van der Waals surface area (Å²) in [6, 6.07) is 4.79. The largest absolute Gasteiger partial charge is 0.356 e. The van der Waals surface area contributed by atoms with Gasteiger partial charge in [0.25, 0.3) is 5.91 Å². The molecule has 9 heteroatoms. The fraction of sp³-hybridized carbons (Fsp3) is 0.278. The van der Waals surface area contributed by atoms with Crippen molar-refractivity contribution in [3.8, 4) is 0 Å². The average Bonchev–Trinajstić information content (AvgIpc) is 3.32. The lowest BCUT2D eigenvalue weighted by Gasteiger charge is -2.17. The van der Waals surface area contributed by atoms with Gasteiger partial charge in [0.1, 0.15) is 22.3 Å². The maximum atomic E-state index is 13.8. The van der Waals surface area contributed by atoms with Crippen molar-refractivity contribution in [2.45, 2.75) is 18.0 Å². The number of nitrogens with one attached hydrogen (secondary N) is 1. The maximum absolute atomic E-state index is 13.8. The van der Waals surface area contributed by atoms with E-state index in [0.717, 1.165) is 54.1 Å². The minimum atomic E-state index is -0.813. The fourth-order valence-electron chi connectivity index (χ4n) is 3.04. The Balaban J connectivity index is 1.69. The number of halogens is 2. The number of rotatable bonds is 4. The molecular weight excluding hydrogens is 390 g/mol. The summed E-state index contributed by atoms with van der Waals surface area (Å²) in [6.07, 6.45) is 4.14. The van der Waals surface area contributed by atoms with Crippen LogP contribution < -0.4 is 10.2 Å². The second-order valence-electron chi connectivity index (χ2n) is 6.14. The molecule has 3 aromatic rings. The lowest BCUT2D eigenvalue weighted by molar-refractivity contribution is 0.103. The zero-order chi connectivity index (χ0) is 19.0. The Hall–Kier alpha value is -2.26. The zero-order valence-electron chi connectivity index (χ0n) is 14.5. The summed E-state index contributed by atoms with van der Waals surface area (Å²) >= 11 is 2.69. The van der Waals surface area contributed by atoms with E-state index in [1.165, 1.54) is 29.2 Å². The molecule has 0 atom stereocenters. The van der Waals surface area contributed by atoms with Gasteiger partial charge in [0.05, 0.1) is 16.0 Å². The monoisotopic (exact) mass is 406 g/mol. The minimum absolute atomic E-state index is 0.0606. The Morgan fingerprint density at radius 1 is 1.22 bits per heavy atom. The van der Waals surface area contributed by atoms with Crippen LogP contribution in [-0.4, -0.2) is 35.2 Å². The van der Waals surface area contributed by atoms with Gasteiger partial charge in [-0.3, -0.25) is 4.79 Å². The van der Waals surface area contributed by atoms with Gasteiger partial charge in [0.15, 0.2) is 5.16 Å². The van der Waals surface area contributed by atoms with Crippen LogP contribution in [0.15, 0.2) is 29.4 Å². The maximum Gasteiger partial charge on any atom is 0.265 e. The SMILES string of the molecule is CSc1nc(N2CCCC2)c2cc(C(=O)Nc3ccc(F)cc3F)sc2n1. The van der Waals surface area contributed by atoms with Crippen molar-refractivity contribution in [3.63, 3.8) is 0 Å². The van der Waals surface area contributed by atoms with Crippen LogP contribution in [0.4, 0.5) is 20.3 Å². The quantitative estimate of drug-likeness (QED) is 0.509. The normalized spacial score (nSPS) is 14.1. The molecule has 1 aromatic carbocycles. The van der Waals surface area contributed by atoms with E-state index in [2.05, 4.69) is 20.2 Å². The van der Waals surface area contributed by atoms with Gasteiger partial charge in [-0.2, -0.15) is 0 Å². The van der Waals surface area contributed by atoms with Crippen molar-refractivity contribution in [1.29, 1.82) is 0 Å². The number of hydrogen-bond acceptors (Lipinski definition) is 6. The molecule has 1 fully saturated rings. The molecule has 0 bridgehead atoms. The van der Waals surface area contributed by atoms with Crippen LogP contribution in [0, 0.1) is 11.6 Å². The Kier molecular flexibility index (Phi) is 4.96. The number of benzene rings is 1. The van der Waals surface area contributed by atoms with Gasteiger partial charge in [-0.15, -0.1) is 11.3 Å². The topological polar surface area (TPSA) is 58.1 Å². The third kappa shape index (κ3) is 3.61. The first-order valence-corrected chi connectivity index (χ1v) is 10.5. The Morgan fingerprint density at radius 2 is 2.00 bits per heavy atom. The molecule has 0 saturated carbocycles. The molecule has 0 aliphatic carbocycles. The van der Waals surface area contributed by atoms with Crippen LogP contribution in [-0.2, 0) is 0 Å². The number of fused-ring (bicyclic) bond motifs is 1. The van der Waals surface area contributed by atoms with Gasteiger partial charge in [0.2, 0.25) is 0 Å². The molecule has 1 aliphatic heterocycles. The van der Waals surface area contributed by atoms with Crippen molar-refractivity contribution in [2.75, 3.05) is 29.6 Å². The highest BCUT2D eigenvalue weighted by molar-refractivity contribution is 7.98. The summed E-state index contributed by atoms with van der Waals surface area (Å²) in [4.78, 5) is 25.1. The number of anilines is 2. The van der Waals surface area contributed by atoms with Gasteiger partial charge in [-0.1, -0.05) is 11.8 Å². The summed E-state index contributed by atoms with van der Waals surface area (Å²) in [7, 11) is 0. The van der Waals surface area contributed by atoms with Gasteiger partial charge < -0.3 is 10.2 Å². The Morgan fingerprint density at radius 3 is 2.70 bits per heavy atom. The number of nitrogens with zero attached hydrogens (tertiary/aromatic N) is 3. The van der Waals surface area contributed by atoms with Crippen LogP contribution >= 0.6 is 23.1 Å². The summed E-state index contributed by atoms with van der Waals surface area (Å²) < 4.78 is 26.9. The molecule has 0 unspecified atom stereocenters. The molecule has 2 aromatic heterocycles. The van der Waals surface area contributed by atoms with E-state index in [4.69, 9.17) is 0 Å². The van der Waals surface area contributed by atoms with Crippen molar-refractivity contribution < 1.29 is 13.6 Å². The molecule has 1 N–H and O–H groups in total. The number of hydrogen-bond donors (Lipinski definition) is 1. The number of carbonyl (C=O) groups is 1. The van der Waals surface area contributed by atoms with Crippen molar-refractivity contribution in [3.05, 3.63) is 40.8 Å². The first-order valence-electron chi connectivity index (χ1n) is 8.42. The molecular formula is C18H16F2N4OS2. The van der Waals surface area contributed by atoms with Crippen LogP contribution in [0.25, 0.3) is 10.2 Å². The molecule has 4 rings (SSSR count). The number of carbonyl (C=O) groups excluding carboxylic acids is 1. The van der Waals surface area contributed by atoms with E-state index in [-0.39, 0.29) is 5.69 Å². The van der Waals surface area contributed by atoms with Crippen LogP contribution in [0.1, 0.15) is 22.5 Å². The van der Waals surface area contributed by atoms with Gasteiger partial charge in [0, 0.05) is 19.2 Å². The van der Waals surface area contributed by atoms with E-state index in [0.29, 0.717) is 10.0 Å². The van der Waals surface area contributed by atoms with Gasteiger partial charge >= 0.3 is 0 Å². The van der Waals surface area contributed by atoms with E-state index in [1.807, 2.05) is 6.26 Å². The standard InChI is InChI=1S/C18H16F2N4OS2/c1-26-18-22-15(24-6-2-3-7-24)11-9-14(27-17(11)23-18)16(25)21-13-5-4-10(19)8-12(13)20/h4-5,8-9H,2-3,6-7H2,1H3,(H,21,25). The molecule has 27 heavy (non-hydrogen) atoms. The number of aromatic nitrogens is 2. The third-order valence-corrected chi connectivity index (χ3v) is 5.92. The number of amides is 1. The third-order valence-electron chi connectivity index (χ3n) is 4.34. The van der Waals surface area contributed by atoms with Crippen LogP contribution in [0.2, 0.25) is 0 Å². The highest BCUT2D eigenvalue weighted by Gasteiger charge is 2.22. The smallest absolute Gasteiger partial charge is 0.265 e. The fourth-order valence-corrected chi connectivity index (χ4v) is 4.37. The van der Waals surface area contributed by atoms with Gasteiger partial charge in [-0.25, -0.2) is 18.7 Å². The lowest BCUT2D eigenvalue weighted by atomic mass is 10.2. The zero-order valence-corrected chi connectivity index (χ0v) is 16.1. The summed E-state index contributed by atoms with van der Waals surface area (Å²) in [5.74, 6) is -1.12. The van der Waals surface area contributed by atoms with Crippen molar-refractivity contribution >= 4 is 50.7 Å². The van der Waals surface area contributed by atoms with E-state index in [9.17, 15) is 13.6 Å². The molecule has 140 valence electrons. The van der Waals surface area contributed by atoms with E-state index < -0.39 is 17.5 Å².